The first-order valence-corrected chi connectivity index (χ1v) is 9.54. The average Bonchev–Trinajstić information content (AvgIpc) is 3.08. The van der Waals surface area contributed by atoms with Crippen molar-refractivity contribution >= 4 is 27.1 Å². The highest BCUT2D eigenvalue weighted by atomic mass is 32.2. The number of nitrogens with zero attached hydrogens (tertiary/aromatic N) is 6. The Labute approximate surface area is 144 Å². The number of piperazine rings is 1. The highest BCUT2D eigenvalue weighted by Crippen LogP contribution is 2.46. The summed E-state index contributed by atoms with van der Waals surface area (Å²) in [7, 11) is -3.58. The summed E-state index contributed by atoms with van der Waals surface area (Å²) in [5.74, 6) is 0.859. The van der Waals surface area contributed by atoms with Crippen LogP contribution in [-0.4, -0.2) is 61.8 Å². The lowest BCUT2D eigenvalue weighted by atomic mass is 10.2. The van der Waals surface area contributed by atoms with Gasteiger partial charge in [-0.2, -0.15) is 12.7 Å². The van der Waals surface area contributed by atoms with Gasteiger partial charge in [0.05, 0.1) is 10.9 Å². The zero-order valence-corrected chi connectivity index (χ0v) is 14.2. The summed E-state index contributed by atoms with van der Waals surface area (Å²) >= 11 is 0. The van der Waals surface area contributed by atoms with Crippen molar-refractivity contribution in [1.82, 2.24) is 28.2 Å². The van der Waals surface area contributed by atoms with Gasteiger partial charge in [-0.25, -0.2) is 18.9 Å². The molecular formula is C15H17N7O2S. The van der Waals surface area contributed by atoms with Crippen molar-refractivity contribution < 1.29 is 8.42 Å². The molecule has 0 amide bonds. The normalized spacial score (nSPS) is 20.4. The van der Waals surface area contributed by atoms with Gasteiger partial charge in [0.25, 0.3) is 0 Å². The van der Waals surface area contributed by atoms with Crippen LogP contribution in [0.4, 0.5) is 5.82 Å². The van der Waals surface area contributed by atoms with Gasteiger partial charge in [-0.1, -0.05) is 0 Å². The van der Waals surface area contributed by atoms with Crippen LogP contribution in [0.15, 0.2) is 37.3 Å². The van der Waals surface area contributed by atoms with Crippen molar-refractivity contribution in [1.29, 1.82) is 0 Å². The Balaban J connectivity index is 1.48. The van der Waals surface area contributed by atoms with E-state index in [1.54, 1.807) is 10.6 Å². The Morgan fingerprint density at radius 1 is 1.20 bits per heavy atom. The molecule has 9 nitrogen and oxygen atoms in total. The molecule has 0 unspecified atom stereocenters. The maximum absolute atomic E-state index is 12.9. The Morgan fingerprint density at radius 2 is 2.08 bits per heavy atom. The molecule has 3 aromatic rings. The highest BCUT2D eigenvalue weighted by molar-refractivity contribution is 7.87. The first kappa shape index (κ1) is 14.8. The molecule has 1 saturated carbocycles. The number of hydrogen-bond acceptors (Lipinski definition) is 6. The third kappa shape index (κ3) is 2.17. The van der Waals surface area contributed by atoms with E-state index in [9.17, 15) is 8.42 Å². The van der Waals surface area contributed by atoms with E-state index in [0.717, 1.165) is 29.7 Å². The maximum atomic E-state index is 12.9. The van der Waals surface area contributed by atoms with Crippen LogP contribution < -0.4 is 4.90 Å². The smallest absolute Gasteiger partial charge is 0.309 e. The Hall–Kier alpha value is -2.46. The number of hydrogen-bond donors (Lipinski definition) is 1. The lowest BCUT2D eigenvalue weighted by Crippen LogP contribution is -2.58. The predicted molar refractivity (Wildman–Crippen MR) is 91.3 cm³/mol. The molecule has 0 radical (unpaired) electrons. The second-order valence-electron chi connectivity index (χ2n) is 6.56. The number of aromatic nitrogens is 5. The van der Waals surface area contributed by atoms with Gasteiger partial charge in [0, 0.05) is 38.2 Å². The summed E-state index contributed by atoms with van der Waals surface area (Å²) in [6.45, 7) is 1.65. The molecule has 1 spiro atoms. The first-order valence-electron chi connectivity index (χ1n) is 8.15. The average molecular weight is 359 g/mol. The minimum Gasteiger partial charge on any atom is -0.353 e. The van der Waals surface area contributed by atoms with Gasteiger partial charge in [0.2, 0.25) is 0 Å². The molecular weight excluding hydrogens is 342 g/mol. The van der Waals surface area contributed by atoms with Gasteiger partial charge in [0.15, 0.2) is 0 Å². The quantitative estimate of drug-likeness (QED) is 0.735. The number of fused-ring (bicyclic) bond motifs is 1. The minimum atomic E-state index is -3.58. The Bertz CT molecular complexity index is 1020. The molecule has 10 heteroatoms. The third-order valence-corrected chi connectivity index (χ3v) is 6.95. The van der Waals surface area contributed by atoms with Gasteiger partial charge >= 0.3 is 10.2 Å². The fourth-order valence-corrected chi connectivity index (χ4v) is 5.31. The molecule has 5 rings (SSSR count). The van der Waals surface area contributed by atoms with Crippen LogP contribution in [-0.2, 0) is 10.2 Å². The van der Waals surface area contributed by atoms with E-state index in [1.807, 2.05) is 12.3 Å². The zero-order valence-electron chi connectivity index (χ0n) is 13.4. The second-order valence-corrected chi connectivity index (χ2v) is 8.31. The number of nitrogens with one attached hydrogen (secondary N) is 1. The number of rotatable bonds is 3. The summed E-state index contributed by atoms with van der Waals surface area (Å²) in [6.07, 6.45) is 9.41. The van der Waals surface area contributed by atoms with E-state index in [-0.39, 0.29) is 5.54 Å². The Kier molecular flexibility index (Phi) is 2.98. The largest absolute Gasteiger partial charge is 0.353 e. The molecule has 2 fully saturated rings. The number of aromatic amines is 1. The second kappa shape index (κ2) is 5.02. The lowest BCUT2D eigenvalue weighted by molar-refractivity contribution is 0.267. The summed E-state index contributed by atoms with van der Waals surface area (Å²) in [5, 5.41) is 0.962. The molecule has 0 bridgehead atoms. The fraction of sp³-hybridized carbons (Fsp3) is 0.400. The fourth-order valence-electron chi connectivity index (χ4n) is 3.66. The molecule has 1 aliphatic carbocycles. The molecule has 1 aliphatic heterocycles. The molecule has 1 N–H and O–H groups in total. The third-order valence-electron chi connectivity index (χ3n) is 5.07. The van der Waals surface area contributed by atoms with Crippen molar-refractivity contribution in [3.63, 3.8) is 0 Å². The molecule has 25 heavy (non-hydrogen) atoms. The summed E-state index contributed by atoms with van der Waals surface area (Å²) in [6, 6.07) is 1.96. The van der Waals surface area contributed by atoms with E-state index < -0.39 is 10.2 Å². The monoisotopic (exact) mass is 359 g/mol. The molecule has 0 aromatic carbocycles. The Morgan fingerprint density at radius 3 is 2.84 bits per heavy atom. The van der Waals surface area contributed by atoms with Crippen molar-refractivity contribution in [3.05, 3.63) is 37.3 Å². The van der Waals surface area contributed by atoms with E-state index in [1.165, 1.54) is 22.7 Å². The van der Waals surface area contributed by atoms with E-state index in [4.69, 9.17) is 0 Å². The van der Waals surface area contributed by atoms with E-state index >= 15 is 0 Å². The summed E-state index contributed by atoms with van der Waals surface area (Å²) in [4.78, 5) is 17.8. The van der Waals surface area contributed by atoms with Crippen LogP contribution in [0.1, 0.15) is 12.8 Å². The lowest BCUT2D eigenvalue weighted by Gasteiger charge is -2.41. The number of imidazole rings is 1. The van der Waals surface area contributed by atoms with Gasteiger partial charge < -0.3 is 9.88 Å². The molecule has 2 aliphatic rings. The van der Waals surface area contributed by atoms with Crippen molar-refractivity contribution in [2.24, 2.45) is 0 Å². The summed E-state index contributed by atoms with van der Waals surface area (Å²) in [5.41, 5.74) is 0.442. The van der Waals surface area contributed by atoms with Gasteiger partial charge in [0.1, 0.15) is 24.1 Å². The topological polar surface area (TPSA) is 100 Å². The van der Waals surface area contributed by atoms with Gasteiger partial charge in [-0.05, 0) is 18.9 Å². The van der Waals surface area contributed by atoms with E-state index in [0.29, 0.717) is 19.6 Å². The van der Waals surface area contributed by atoms with E-state index in [2.05, 4.69) is 24.8 Å². The van der Waals surface area contributed by atoms with Crippen LogP contribution in [0.2, 0.25) is 0 Å². The number of H-pyrrole nitrogens is 1. The van der Waals surface area contributed by atoms with Gasteiger partial charge in [-0.15, -0.1) is 0 Å². The van der Waals surface area contributed by atoms with Crippen LogP contribution in [0.3, 0.4) is 0 Å². The van der Waals surface area contributed by atoms with Crippen LogP contribution in [0.25, 0.3) is 11.0 Å². The zero-order chi connectivity index (χ0) is 17.1. The highest BCUT2D eigenvalue weighted by Gasteiger charge is 2.56. The molecule has 0 atom stereocenters. The van der Waals surface area contributed by atoms with Crippen LogP contribution >= 0.6 is 0 Å². The maximum Gasteiger partial charge on any atom is 0.309 e. The molecule has 3 aromatic heterocycles. The SMILES string of the molecule is O=S(=O)(N1CCN(c2ncnc3[nH]ccc23)CC12CC2)n1ccnc1. The number of anilines is 1. The van der Waals surface area contributed by atoms with Crippen molar-refractivity contribution in [2.75, 3.05) is 24.5 Å². The summed E-state index contributed by atoms with van der Waals surface area (Å²) < 4.78 is 28.7. The molecule has 130 valence electrons. The minimum absolute atomic E-state index is 0.352. The standard InChI is InChI=1S/C15H17N7O2S/c23-25(24,21-6-5-16-11-21)22-8-7-20(9-15(22)2-3-15)14-12-1-4-17-13(12)18-10-19-14/h1,4-6,10-11H,2-3,7-9H2,(H,17,18,19). The first-order chi connectivity index (χ1) is 12.1. The molecule has 1 saturated heterocycles. The van der Waals surface area contributed by atoms with Crippen molar-refractivity contribution in [3.8, 4) is 0 Å². The predicted octanol–water partition coefficient (Wildman–Crippen LogP) is 0.602. The van der Waals surface area contributed by atoms with Gasteiger partial charge in [-0.3, -0.25) is 0 Å². The van der Waals surface area contributed by atoms with Crippen molar-refractivity contribution in [2.45, 2.75) is 18.4 Å². The van der Waals surface area contributed by atoms with Crippen LogP contribution in [0, 0.1) is 0 Å². The van der Waals surface area contributed by atoms with Crippen LogP contribution in [0.5, 0.6) is 0 Å². The molecule has 4 heterocycles.